The Kier molecular flexibility index (Phi) is 7.45. The van der Waals surface area contributed by atoms with Crippen LogP contribution in [0, 0.1) is 0 Å². The molecule has 1 aliphatic carbocycles. The van der Waals surface area contributed by atoms with Crippen molar-refractivity contribution < 1.29 is 13.9 Å². The largest absolute Gasteiger partial charge is 0.496 e. The summed E-state index contributed by atoms with van der Waals surface area (Å²) < 4.78 is 26.2. The Morgan fingerprint density at radius 2 is 1.84 bits per heavy atom. The smallest absolute Gasteiger partial charge is 0.170 e. The maximum Gasteiger partial charge on any atom is 0.170 e. The Morgan fingerprint density at radius 1 is 1.05 bits per heavy atom. The van der Waals surface area contributed by atoms with Crippen LogP contribution >= 0.6 is 0 Å². The van der Waals surface area contributed by atoms with Crippen molar-refractivity contribution in [3.05, 3.63) is 59.4 Å². The SMILES string of the molecule is COc1ccccc1C1CCN(c2nc(C3(F)CC3)nc3ccc(CNCCN4CCOCC4)cc23)CC1. The van der Waals surface area contributed by atoms with Gasteiger partial charge in [-0.05, 0) is 60.9 Å². The van der Waals surface area contributed by atoms with Crippen molar-refractivity contribution in [1.82, 2.24) is 20.2 Å². The van der Waals surface area contributed by atoms with E-state index in [1.807, 2.05) is 18.2 Å². The topological polar surface area (TPSA) is 62.8 Å². The second-order valence-electron chi connectivity index (χ2n) is 10.8. The number of rotatable bonds is 9. The molecular weight excluding hydrogens is 481 g/mol. The fourth-order valence-electron chi connectivity index (χ4n) is 5.74. The molecule has 0 bridgehead atoms. The fourth-order valence-corrected chi connectivity index (χ4v) is 5.74. The number of anilines is 1. The Bertz CT molecular complexity index is 1250. The van der Waals surface area contributed by atoms with Crippen LogP contribution in [0.2, 0.25) is 0 Å². The number of fused-ring (bicyclic) bond motifs is 1. The van der Waals surface area contributed by atoms with E-state index in [1.54, 1.807) is 7.11 Å². The third-order valence-electron chi connectivity index (χ3n) is 8.24. The van der Waals surface area contributed by atoms with E-state index in [0.717, 1.165) is 94.3 Å². The summed E-state index contributed by atoms with van der Waals surface area (Å²) in [6, 6.07) is 14.7. The van der Waals surface area contributed by atoms with E-state index in [4.69, 9.17) is 14.5 Å². The summed E-state index contributed by atoms with van der Waals surface area (Å²) in [5, 5.41) is 4.60. The zero-order chi connectivity index (χ0) is 26.0. The van der Waals surface area contributed by atoms with Gasteiger partial charge in [0.1, 0.15) is 11.6 Å². The molecule has 38 heavy (non-hydrogen) atoms. The Hall–Kier alpha value is -2.81. The number of alkyl halides is 1. The van der Waals surface area contributed by atoms with Gasteiger partial charge in [-0.1, -0.05) is 24.3 Å². The van der Waals surface area contributed by atoms with E-state index in [1.165, 1.54) is 11.1 Å². The summed E-state index contributed by atoms with van der Waals surface area (Å²) in [5.41, 5.74) is 1.94. The highest BCUT2D eigenvalue weighted by Gasteiger charge is 2.48. The number of hydrogen-bond donors (Lipinski definition) is 1. The van der Waals surface area contributed by atoms with Crippen molar-refractivity contribution in [2.45, 2.75) is 43.8 Å². The highest BCUT2D eigenvalue weighted by molar-refractivity contribution is 5.90. The van der Waals surface area contributed by atoms with Crippen molar-refractivity contribution >= 4 is 16.7 Å². The second kappa shape index (κ2) is 11.1. The lowest BCUT2D eigenvalue weighted by Crippen LogP contribution is -2.40. The molecule has 0 atom stereocenters. The van der Waals surface area contributed by atoms with E-state index in [-0.39, 0.29) is 0 Å². The molecule has 7 nitrogen and oxygen atoms in total. The molecule has 8 heteroatoms. The number of nitrogens with zero attached hydrogens (tertiary/aromatic N) is 4. The van der Waals surface area contributed by atoms with Gasteiger partial charge in [0.25, 0.3) is 0 Å². The lowest BCUT2D eigenvalue weighted by Gasteiger charge is -2.34. The zero-order valence-electron chi connectivity index (χ0n) is 22.3. The van der Waals surface area contributed by atoms with Crippen LogP contribution in [0.15, 0.2) is 42.5 Å². The third-order valence-corrected chi connectivity index (χ3v) is 8.24. The molecule has 1 saturated carbocycles. The number of nitrogens with one attached hydrogen (secondary N) is 1. The fraction of sp³-hybridized carbons (Fsp3) is 0.533. The quantitative estimate of drug-likeness (QED) is 0.421. The number of ether oxygens (including phenoxy) is 2. The molecule has 0 amide bonds. The molecule has 3 heterocycles. The van der Waals surface area contributed by atoms with Crippen molar-refractivity contribution in [2.75, 3.05) is 64.5 Å². The first-order chi connectivity index (χ1) is 18.6. The number of halogens is 1. The third kappa shape index (κ3) is 5.48. The van der Waals surface area contributed by atoms with Crippen LogP contribution < -0.4 is 15.0 Å². The van der Waals surface area contributed by atoms with Crippen LogP contribution in [0.3, 0.4) is 0 Å². The first-order valence-corrected chi connectivity index (χ1v) is 14.0. The van der Waals surface area contributed by atoms with Crippen LogP contribution in [-0.2, 0) is 17.0 Å². The van der Waals surface area contributed by atoms with Gasteiger partial charge in [0, 0.05) is 51.2 Å². The molecule has 3 aliphatic rings. The number of para-hydroxylation sites is 1. The van der Waals surface area contributed by atoms with Crippen LogP contribution in [0.4, 0.5) is 10.2 Å². The first kappa shape index (κ1) is 25.5. The number of aromatic nitrogens is 2. The maximum atomic E-state index is 15.1. The Balaban J connectivity index is 1.19. The van der Waals surface area contributed by atoms with Gasteiger partial charge in [-0.3, -0.25) is 4.90 Å². The van der Waals surface area contributed by atoms with E-state index in [9.17, 15) is 0 Å². The molecular formula is C30H38FN5O2. The van der Waals surface area contributed by atoms with Gasteiger partial charge < -0.3 is 19.7 Å². The van der Waals surface area contributed by atoms with Crippen LogP contribution in [0.5, 0.6) is 5.75 Å². The average molecular weight is 520 g/mol. The Labute approximate surface area is 224 Å². The van der Waals surface area contributed by atoms with Crippen LogP contribution in [0.1, 0.15) is 48.6 Å². The summed E-state index contributed by atoms with van der Waals surface area (Å²) in [4.78, 5) is 14.3. The molecule has 202 valence electrons. The molecule has 0 unspecified atom stereocenters. The van der Waals surface area contributed by atoms with Crippen molar-refractivity contribution in [3.63, 3.8) is 0 Å². The molecule has 3 fully saturated rings. The molecule has 3 aromatic rings. The summed E-state index contributed by atoms with van der Waals surface area (Å²) in [6.07, 6.45) is 3.04. The van der Waals surface area contributed by atoms with E-state index >= 15 is 4.39 Å². The van der Waals surface area contributed by atoms with Gasteiger partial charge in [-0.2, -0.15) is 0 Å². The highest BCUT2D eigenvalue weighted by atomic mass is 19.1. The lowest BCUT2D eigenvalue weighted by molar-refractivity contribution is 0.0384. The number of hydrogen-bond acceptors (Lipinski definition) is 7. The van der Waals surface area contributed by atoms with Gasteiger partial charge in [0.2, 0.25) is 0 Å². The van der Waals surface area contributed by atoms with E-state index in [2.05, 4.69) is 44.4 Å². The van der Waals surface area contributed by atoms with E-state index < -0.39 is 5.67 Å². The van der Waals surface area contributed by atoms with Crippen LogP contribution in [0.25, 0.3) is 10.9 Å². The molecule has 6 rings (SSSR count). The number of piperidine rings is 1. The van der Waals surface area contributed by atoms with Crippen molar-refractivity contribution in [1.29, 1.82) is 0 Å². The van der Waals surface area contributed by atoms with Gasteiger partial charge >= 0.3 is 0 Å². The van der Waals surface area contributed by atoms with Crippen LogP contribution in [-0.4, -0.2) is 74.5 Å². The minimum Gasteiger partial charge on any atom is -0.496 e. The monoisotopic (exact) mass is 519 g/mol. The van der Waals surface area contributed by atoms with Gasteiger partial charge in [0.05, 0.1) is 25.8 Å². The van der Waals surface area contributed by atoms with Crippen molar-refractivity contribution in [3.8, 4) is 5.75 Å². The number of benzene rings is 2. The van der Waals surface area contributed by atoms with Gasteiger partial charge in [-0.25, -0.2) is 14.4 Å². The maximum absolute atomic E-state index is 15.1. The Morgan fingerprint density at radius 3 is 2.61 bits per heavy atom. The second-order valence-corrected chi connectivity index (χ2v) is 10.8. The molecule has 0 spiro atoms. The normalized spacial score (nSPS) is 20.1. The summed E-state index contributed by atoms with van der Waals surface area (Å²) in [7, 11) is 1.74. The van der Waals surface area contributed by atoms with Gasteiger partial charge in [0.15, 0.2) is 11.5 Å². The molecule has 2 aliphatic heterocycles. The minimum absolute atomic E-state index is 0.350. The standard InChI is InChI=1S/C30H38FN5O2/c1-37-27-5-3-2-4-24(27)23-8-13-36(14-9-23)28-25-20-22(21-32-12-15-35-16-18-38-19-17-35)6-7-26(25)33-29(34-28)30(31)10-11-30/h2-7,20,23,32H,8-19,21H2,1H3. The predicted octanol–water partition coefficient (Wildman–Crippen LogP) is 4.40. The lowest BCUT2D eigenvalue weighted by atomic mass is 9.88. The van der Waals surface area contributed by atoms with E-state index in [0.29, 0.717) is 24.6 Å². The van der Waals surface area contributed by atoms with Crippen molar-refractivity contribution in [2.24, 2.45) is 0 Å². The minimum atomic E-state index is -1.36. The molecule has 0 radical (unpaired) electrons. The molecule has 2 aromatic carbocycles. The highest BCUT2D eigenvalue weighted by Crippen LogP contribution is 2.49. The summed E-state index contributed by atoms with van der Waals surface area (Å²) in [5.74, 6) is 2.63. The number of morpholine rings is 1. The van der Waals surface area contributed by atoms with Gasteiger partial charge in [-0.15, -0.1) is 0 Å². The summed E-state index contributed by atoms with van der Waals surface area (Å²) in [6.45, 7) is 8.14. The average Bonchev–Trinajstić information content (AvgIpc) is 3.73. The molecule has 1 aromatic heterocycles. The first-order valence-electron chi connectivity index (χ1n) is 14.0. The summed E-state index contributed by atoms with van der Waals surface area (Å²) >= 11 is 0. The zero-order valence-corrected chi connectivity index (χ0v) is 22.3. The predicted molar refractivity (Wildman–Crippen MR) is 148 cm³/mol. The molecule has 2 saturated heterocycles. The molecule has 1 N–H and O–H groups in total. The number of methoxy groups -OCH3 is 1.